The molecule has 3 rings (SSSR count). The van der Waals surface area contributed by atoms with E-state index in [0.29, 0.717) is 25.6 Å². The van der Waals surface area contributed by atoms with E-state index < -0.39 is 0 Å². The van der Waals surface area contributed by atoms with Crippen LogP contribution < -0.4 is 0 Å². The lowest BCUT2D eigenvalue weighted by Gasteiger charge is -2.35. The fourth-order valence-electron chi connectivity index (χ4n) is 3.70. The summed E-state index contributed by atoms with van der Waals surface area (Å²) in [5.41, 5.74) is 1.85. The van der Waals surface area contributed by atoms with Gasteiger partial charge in [-0.25, -0.2) is 4.39 Å². The van der Waals surface area contributed by atoms with Gasteiger partial charge in [0.1, 0.15) is 5.82 Å². The van der Waals surface area contributed by atoms with Crippen molar-refractivity contribution in [2.45, 2.75) is 32.1 Å². The first kappa shape index (κ1) is 19.5. The number of amides is 1. The number of nitrogens with zero attached hydrogens (tertiary/aromatic N) is 2. The van der Waals surface area contributed by atoms with Crippen molar-refractivity contribution in [3.05, 3.63) is 65.7 Å². The predicted octanol–water partition coefficient (Wildman–Crippen LogP) is 3.82. The number of hydrogen-bond acceptors (Lipinski definition) is 3. The van der Waals surface area contributed by atoms with Gasteiger partial charge in [0.25, 0.3) is 0 Å². The highest BCUT2D eigenvalue weighted by atomic mass is 19.1. The molecule has 4 nitrogen and oxygen atoms in total. The molecule has 0 saturated carbocycles. The molecule has 144 valence electrons. The summed E-state index contributed by atoms with van der Waals surface area (Å²) >= 11 is 0. The molecule has 0 radical (unpaired) electrons. The first-order chi connectivity index (χ1) is 13.2. The summed E-state index contributed by atoms with van der Waals surface area (Å²) in [5.74, 6) is -0.136. The van der Waals surface area contributed by atoms with Gasteiger partial charge in [0.15, 0.2) is 0 Å². The lowest BCUT2D eigenvalue weighted by molar-refractivity contribution is -0.135. The minimum atomic E-state index is -0.333. The Morgan fingerprint density at radius 3 is 2.85 bits per heavy atom. The molecular formula is C22H27FN2O2. The maximum atomic E-state index is 13.4. The molecule has 27 heavy (non-hydrogen) atoms. The molecule has 0 N–H and O–H groups in total. The minimum absolute atomic E-state index is 0.103. The van der Waals surface area contributed by atoms with Crippen molar-refractivity contribution in [3.63, 3.8) is 0 Å². The molecule has 1 aliphatic heterocycles. The fourth-order valence-corrected chi connectivity index (χ4v) is 3.70. The van der Waals surface area contributed by atoms with Gasteiger partial charge in [-0.15, -0.1) is 0 Å². The molecule has 2 unspecified atom stereocenters. The Bertz CT molecular complexity index is 721. The van der Waals surface area contributed by atoms with Crippen molar-refractivity contribution in [3.8, 4) is 0 Å². The van der Waals surface area contributed by atoms with Gasteiger partial charge >= 0.3 is 0 Å². The number of rotatable bonds is 7. The van der Waals surface area contributed by atoms with Crippen LogP contribution >= 0.6 is 0 Å². The van der Waals surface area contributed by atoms with E-state index in [0.717, 1.165) is 37.1 Å². The van der Waals surface area contributed by atoms with Gasteiger partial charge in [0.05, 0.1) is 12.5 Å². The van der Waals surface area contributed by atoms with Gasteiger partial charge in [0, 0.05) is 32.1 Å². The number of pyridine rings is 1. The van der Waals surface area contributed by atoms with Crippen molar-refractivity contribution in [1.29, 1.82) is 0 Å². The smallest absolute Gasteiger partial charge is 0.230 e. The first-order valence-electron chi connectivity index (χ1n) is 9.68. The number of halogens is 1. The van der Waals surface area contributed by atoms with Gasteiger partial charge in [-0.3, -0.25) is 9.78 Å². The normalized spacial score (nSPS) is 18.3. The summed E-state index contributed by atoms with van der Waals surface area (Å²) in [6.07, 6.45) is 6.16. The summed E-state index contributed by atoms with van der Waals surface area (Å²) in [7, 11) is 0. The number of carbonyl (C=O) groups is 1. The molecule has 0 bridgehead atoms. The van der Waals surface area contributed by atoms with Crippen LogP contribution in [0.3, 0.4) is 0 Å². The second kappa shape index (κ2) is 9.60. The van der Waals surface area contributed by atoms with Crippen LogP contribution in [0.1, 0.15) is 36.8 Å². The molecule has 5 heteroatoms. The lowest BCUT2D eigenvalue weighted by atomic mass is 9.89. The Morgan fingerprint density at radius 2 is 2.15 bits per heavy atom. The maximum absolute atomic E-state index is 13.4. The van der Waals surface area contributed by atoms with E-state index in [1.165, 1.54) is 12.1 Å². The molecule has 1 aromatic heterocycles. The maximum Gasteiger partial charge on any atom is 0.230 e. The standard InChI is InChI=1S/C22H27FN2O2/c1-2-27-16-18-6-4-12-25(15-18)22(26)21(13-17-5-3-11-24-14-17)19-7-9-20(23)10-8-19/h3,5,7-11,14,18,21H,2,4,6,12-13,15-16H2,1H3. The zero-order valence-corrected chi connectivity index (χ0v) is 15.8. The lowest BCUT2D eigenvalue weighted by Crippen LogP contribution is -2.43. The molecule has 1 aliphatic rings. The van der Waals surface area contributed by atoms with E-state index in [1.54, 1.807) is 24.5 Å². The van der Waals surface area contributed by atoms with Gasteiger partial charge in [-0.05, 0) is 61.4 Å². The monoisotopic (exact) mass is 370 g/mol. The van der Waals surface area contributed by atoms with Gasteiger partial charge in [0.2, 0.25) is 5.91 Å². The number of ether oxygens (including phenoxy) is 1. The summed E-state index contributed by atoms with van der Waals surface area (Å²) < 4.78 is 19.0. The van der Waals surface area contributed by atoms with Crippen LogP contribution in [0.15, 0.2) is 48.8 Å². The molecule has 1 amide bonds. The van der Waals surface area contributed by atoms with Crippen molar-refractivity contribution in [2.24, 2.45) is 5.92 Å². The third kappa shape index (κ3) is 5.36. The van der Waals surface area contributed by atoms with Crippen molar-refractivity contribution in [1.82, 2.24) is 9.88 Å². The third-order valence-electron chi connectivity index (χ3n) is 5.12. The second-order valence-corrected chi connectivity index (χ2v) is 7.12. The van der Waals surface area contributed by atoms with Gasteiger partial charge in [-0.1, -0.05) is 18.2 Å². The first-order valence-corrected chi connectivity index (χ1v) is 9.68. The van der Waals surface area contributed by atoms with Crippen LogP contribution in [0.4, 0.5) is 4.39 Å². The van der Waals surface area contributed by atoms with Crippen LogP contribution in [-0.4, -0.2) is 42.1 Å². The molecule has 1 aromatic carbocycles. The van der Waals surface area contributed by atoms with Crippen LogP contribution in [-0.2, 0) is 16.0 Å². The van der Waals surface area contributed by atoms with E-state index in [2.05, 4.69) is 4.98 Å². The SMILES string of the molecule is CCOCC1CCCN(C(=O)C(Cc2cccnc2)c2ccc(F)cc2)C1. The Hall–Kier alpha value is -2.27. The Morgan fingerprint density at radius 1 is 1.33 bits per heavy atom. The van der Waals surface area contributed by atoms with Gasteiger partial charge in [-0.2, -0.15) is 0 Å². The second-order valence-electron chi connectivity index (χ2n) is 7.12. The minimum Gasteiger partial charge on any atom is -0.381 e. The van der Waals surface area contributed by atoms with Crippen molar-refractivity contribution in [2.75, 3.05) is 26.3 Å². The molecule has 1 saturated heterocycles. The van der Waals surface area contributed by atoms with E-state index in [4.69, 9.17) is 4.74 Å². The van der Waals surface area contributed by atoms with Crippen molar-refractivity contribution >= 4 is 5.91 Å². The van der Waals surface area contributed by atoms with Crippen LogP contribution in [0, 0.1) is 11.7 Å². The molecule has 1 fully saturated rings. The topological polar surface area (TPSA) is 42.4 Å². The quantitative estimate of drug-likeness (QED) is 0.744. The molecule has 0 aliphatic carbocycles. The molecule has 0 spiro atoms. The summed E-state index contributed by atoms with van der Waals surface area (Å²) in [4.78, 5) is 19.5. The average molecular weight is 370 g/mol. The Balaban J connectivity index is 1.78. The zero-order chi connectivity index (χ0) is 19.1. The predicted molar refractivity (Wildman–Crippen MR) is 103 cm³/mol. The zero-order valence-electron chi connectivity index (χ0n) is 15.8. The number of carbonyl (C=O) groups excluding carboxylic acids is 1. The van der Waals surface area contributed by atoms with Crippen LogP contribution in [0.25, 0.3) is 0 Å². The fraction of sp³-hybridized carbons (Fsp3) is 0.455. The van der Waals surface area contributed by atoms with E-state index in [1.807, 2.05) is 24.0 Å². The Labute approximate surface area is 160 Å². The summed E-state index contributed by atoms with van der Waals surface area (Å²) in [6.45, 7) is 4.88. The highest BCUT2D eigenvalue weighted by molar-refractivity contribution is 5.84. The molecular weight excluding hydrogens is 343 g/mol. The summed E-state index contributed by atoms with van der Waals surface area (Å²) in [5, 5.41) is 0. The number of aromatic nitrogens is 1. The van der Waals surface area contributed by atoms with E-state index in [-0.39, 0.29) is 17.6 Å². The molecule has 2 aromatic rings. The number of piperidine rings is 1. The number of likely N-dealkylation sites (tertiary alicyclic amines) is 1. The van der Waals surface area contributed by atoms with Gasteiger partial charge < -0.3 is 9.64 Å². The van der Waals surface area contributed by atoms with Crippen LogP contribution in [0.2, 0.25) is 0 Å². The van der Waals surface area contributed by atoms with E-state index in [9.17, 15) is 9.18 Å². The van der Waals surface area contributed by atoms with Crippen molar-refractivity contribution < 1.29 is 13.9 Å². The summed E-state index contributed by atoms with van der Waals surface area (Å²) in [6, 6.07) is 10.1. The molecule has 2 heterocycles. The molecule has 2 atom stereocenters. The number of hydrogen-bond donors (Lipinski definition) is 0. The average Bonchev–Trinajstić information content (AvgIpc) is 2.72. The van der Waals surface area contributed by atoms with Crippen LogP contribution in [0.5, 0.6) is 0 Å². The number of benzene rings is 1. The third-order valence-corrected chi connectivity index (χ3v) is 5.12. The highest BCUT2D eigenvalue weighted by Gasteiger charge is 2.30. The largest absolute Gasteiger partial charge is 0.381 e. The Kier molecular flexibility index (Phi) is 6.93. The van der Waals surface area contributed by atoms with E-state index >= 15 is 0 Å². The highest BCUT2D eigenvalue weighted by Crippen LogP contribution is 2.27.